The van der Waals surface area contributed by atoms with E-state index in [4.69, 9.17) is 4.74 Å². The lowest BCUT2D eigenvalue weighted by atomic mass is 9.96. The van der Waals surface area contributed by atoms with Gasteiger partial charge in [0, 0.05) is 16.7 Å². The predicted octanol–water partition coefficient (Wildman–Crippen LogP) is 5.43. The SMILES string of the molecule is CC[C@H](C)Oc1ccccc1C=Nc1sc2c(c1C#N)CCCC2. The van der Waals surface area contributed by atoms with Crippen LogP contribution >= 0.6 is 11.3 Å². The molecule has 1 aliphatic carbocycles. The Labute approximate surface area is 147 Å². The summed E-state index contributed by atoms with van der Waals surface area (Å²) < 4.78 is 5.97. The maximum absolute atomic E-state index is 9.52. The first-order valence-electron chi connectivity index (χ1n) is 8.57. The van der Waals surface area contributed by atoms with E-state index in [1.54, 1.807) is 11.3 Å². The minimum absolute atomic E-state index is 0.170. The third kappa shape index (κ3) is 3.52. The molecule has 3 nitrogen and oxygen atoms in total. The first kappa shape index (κ1) is 16.7. The van der Waals surface area contributed by atoms with Crippen molar-refractivity contribution in [2.75, 3.05) is 0 Å². The number of aliphatic imine (C=N–C) groups is 1. The fourth-order valence-corrected chi connectivity index (χ4v) is 4.06. The van der Waals surface area contributed by atoms with E-state index in [2.05, 4.69) is 24.9 Å². The Morgan fingerprint density at radius 3 is 2.92 bits per heavy atom. The van der Waals surface area contributed by atoms with Crippen molar-refractivity contribution in [3.8, 4) is 11.8 Å². The molecule has 1 aromatic carbocycles. The normalized spacial score (nSPS) is 15.0. The Hall–Kier alpha value is -2.12. The van der Waals surface area contributed by atoms with E-state index in [9.17, 15) is 5.26 Å². The van der Waals surface area contributed by atoms with Gasteiger partial charge in [0.2, 0.25) is 0 Å². The maximum Gasteiger partial charge on any atom is 0.134 e. The zero-order valence-electron chi connectivity index (χ0n) is 14.2. The lowest BCUT2D eigenvalue weighted by Gasteiger charge is -2.14. The van der Waals surface area contributed by atoms with Crippen LogP contribution < -0.4 is 4.74 Å². The van der Waals surface area contributed by atoms with Crippen LogP contribution in [0.25, 0.3) is 0 Å². The molecule has 1 atom stereocenters. The van der Waals surface area contributed by atoms with Gasteiger partial charge in [-0.25, -0.2) is 4.99 Å². The largest absolute Gasteiger partial charge is 0.490 e. The summed E-state index contributed by atoms with van der Waals surface area (Å²) in [6, 6.07) is 10.3. The Bertz CT molecular complexity index is 785. The molecule has 124 valence electrons. The summed E-state index contributed by atoms with van der Waals surface area (Å²) in [5.41, 5.74) is 2.95. The van der Waals surface area contributed by atoms with Gasteiger partial charge < -0.3 is 4.74 Å². The zero-order chi connectivity index (χ0) is 16.9. The van der Waals surface area contributed by atoms with E-state index in [0.717, 1.165) is 41.1 Å². The molecule has 0 N–H and O–H groups in total. The lowest BCUT2D eigenvalue weighted by molar-refractivity contribution is 0.217. The number of ether oxygens (including phenoxy) is 1. The summed E-state index contributed by atoms with van der Waals surface area (Å²) >= 11 is 1.67. The summed E-state index contributed by atoms with van der Waals surface area (Å²) in [5, 5.41) is 10.4. The maximum atomic E-state index is 9.52. The van der Waals surface area contributed by atoms with Gasteiger partial charge in [-0.3, -0.25) is 0 Å². The van der Waals surface area contributed by atoms with E-state index in [1.165, 1.54) is 23.3 Å². The minimum Gasteiger partial charge on any atom is -0.490 e. The van der Waals surface area contributed by atoms with Gasteiger partial charge in [0.05, 0.1) is 11.7 Å². The molecule has 0 aliphatic heterocycles. The van der Waals surface area contributed by atoms with Crippen molar-refractivity contribution in [3.63, 3.8) is 0 Å². The van der Waals surface area contributed by atoms with Crippen molar-refractivity contribution < 1.29 is 4.74 Å². The highest BCUT2D eigenvalue weighted by atomic mass is 32.1. The molecule has 0 fully saturated rings. The molecule has 4 heteroatoms. The van der Waals surface area contributed by atoms with Gasteiger partial charge in [-0.05, 0) is 56.7 Å². The highest BCUT2D eigenvalue weighted by molar-refractivity contribution is 7.16. The number of thiophene rings is 1. The van der Waals surface area contributed by atoms with Gasteiger partial charge in [0.15, 0.2) is 0 Å². The summed E-state index contributed by atoms with van der Waals surface area (Å²) in [4.78, 5) is 5.98. The van der Waals surface area contributed by atoms with Gasteiger partial charge in [-0.1, -0.05) is 19.1 Å². The van der Waals surface area contributed by atoms with Gasteiger partial charge >= 0.3 is 0 Å². The number of para-hydroxylation sites is 1. The molecule has 24 heavy (non-hydrogen) atoms. The van der Waals surface area contributed by atoms with Gasteiger partial charge in [0.25, 0.3) is 0 Å². The van der Waals surface area contributed by atoms with Crippen LogP contribution in [-0.2, 0) is 12.8 Å². The quantitative estimate of drug-likeness (QED) is 0.683. The molecular formula is C20H22N2OS. The number of benzene rings is 1. The average Bonchev–Trinajstić information content (AvgIpc) is 2.98. The summed E-state index contributed by atoms with van der Waals surface area (Å²) in [6.45, 7) is 4.17. The van der Waals surface area contributed by atoms with E-state index < -0.39 is 0 Å². The Morgan fingerprint density at radius 2 is 2.12 bits per heavy atom. The number of fused-ring (bicyclic) bond motifs is 1. The van der Waals surface area contributed by atoms with Gasteiger partial charge in [0.1, 0.15) is 16.8 Å². The van der Waals surface area contributed by atoms with Crippen LogP contribution in [0.15, 0.2) is 29.3 Å². The molecule has 0 bridgehead atoms. The molecule has 1 aliphatic rings. The molecule has 0 unspecified atom stereocenters. The summed E-state index contributed by atoms with van der Waals surface area (Å²) in [6.07, 6.45) is 7.44. The number of hydrogen-bond donors (Lipinski definition) is 0. The second-order valence-electron chi connectivity index (χ2n) is 6.14. The Kier molecular flexibility index (Phi) is 5.32. The number of rotatable bonds is 5. The molecular weight excluding hydrogens is 316 g/mol. The molecule has 0 spiro atoms. The molecule has 3 rings (SSSR count). The highest BCUT2D eigenvalue weighted by Gasteiger charge is 2.20. The van der Waals surface area contributed by atoms with Crippen molar-refractivity contribution in [1.82, 2.24) is 0 Å². The smallest absolute Gasteiger partial charge is 0.134 e. The number of aryl methyl sites for hydroxylation is 1. The van der Waals surface area contributed by atoms with Gasteiger partial charge in [-0.15, -0.1) is 11.3 Å². The van der Waals surface area contributed by atoms with Crippen molar-refractivity contribution in [2.24, 2.45) is 4.99 Å². The molecule has 1 heterocycles. The van der Waals surface area contributed by atoms with Crippen LogP contribution in [-0.4, -0.2) is 12.3 Å². The number of nitrogens with zero attached hydrogens (tertiary/aromatic N) is 2. The van der Waals surface area contributed by atoms with Crippen molar-refractivity contribution in [3.05, 3.63) is 45.8 Å². The molecule has 1 aromatic heterocycles. The van der Waals surface area contributed by atoms with Crippen LogP contribution in [0.5, 0.6) is 5.75 Å². The number of nitriles is 1. The molecule has 0 radical (unpaired) electrons. The standard InChI is InChI=1S/C20H22N2OS/c1-3-14(2)23-18-10-6-4-8-15(18)13-22-20-17(12-21)16-9-5-7-11-19(16)24-20/h4,6,8,10,13-14H,3,5,7,9,11H2,1-2H3/t14-/m0/s1. The lowest BCUT2D eigenvalue weighted by Crippen LogP contribution is -2.10. The average molecular weight is 338 g/mol. The van der Waals surface area contributed by atoms with E-state index in [0.29, 0.717) is 0 Å². The van der Waals surface area contributed by atoms with Crippen molar-refractivity contribution in [2.45, 2.75) is 52.1 Å². The topological polar surface area (TPSA) is 45.4 Å². The Morgan fingerprint density at radius 1 is 1.33 bits per heavy atom. The third-order valence-electron chi connectivity index (χ3n) is 4.41. The van der Waals surface area contributed by atoms with Crippen LogP contribution in [0.1, 0.15) is 54.7 Å². The second-order valence-corrected chi connectivity index (χ2v) is 7.22. The highest BCUT2D eigenvalue weighted by Crippen LogP contribution is 2.39. The number of hydrogen-bond acceptors (Lipinski definition) is 4. The van der Waals surface area contributed by atoms with Crippen molar-refractivity contribution in [1.29, 1.82) is 5.26 Å². The van der Waals surface area contributed by atoms with Gasteiger partial charge in [-0.2, -0.15) is 5.26 Å². The fraction of sp³-hybridized carbons (Fsp3) is 0.400. The van der Waals surface area contributed by atoms with E-state index in [1.807, 2.05) is 30.5 Å². The molecule has 0 saturated heterocycles. The van der Waals surface area contributed by atoms with Crippen LogP contribution in [0.4, 0.5) is 5.00 Å². The summed E-state index contributed by atoms with van der Waals surface area (Å²) in [7, 11) is 0. The monoisotopic (exact) mass is 338 g/mol. The Balaban J connectivity index is 1.90. The van der Waals surface area contributed by atoms with Crippen molar-refractivity contribution >= 4 is 22.6 Å². The molecule has 2 aromatic rings. The summed E-state index contributed by atoms with van der Waals surface area (Å²) in [5.74, 6) is 0.843. The zero-order valence-corrected chi connectivity index (χ0v) is 15.0. The molecule has 0 saturated carbocycles. The van der Waals surface area contributed by atoms with E-state index in [-0.39, 0.29) is 6.10 Å². The fourth-order valence-electron chi connectivity index (χ4n) is 2.88. The first-order valence-corrected chi connectivity index (χ1v) is 9.39. The minimum atomic E-state index is 0.170. The molecule has 0 amide bonds. The predicted molar refractivity (Wildman–Crippen MR) is 99.8 cm³/mol. The second kappa shape index (κ2) is 7.63. The first-order chi connectivity index (χ1) is 11.7. The van der Waals surface area contributed by atoms with E-state index >= 15 is 0 Å². The third-order valence-corrected chi connectivity index (χ3v) is 5.61. The van der Waals surface area contributed by atoms with Crippen LogP contribution in [0.3, 0.4) is 0 Å². The van der Waals surface area contributed by atoms with Crippen LogP contribution in [0, 0.1) is 11.3 Å². The van der Waals surface area contributed by atoms with Crippen LogP contribution in [0.2, 0.25) is 0 Å².